The highest BCUT2D eigenvalue weighted by atomic mass is 32.2. The molecule has 0 spiro atoms. The normalized spacial score (nSPS) is 20.2. The van der Waals surface area contributed by atoms with E-state index in [0.717, 1.165) is 25.9 Å². The molecule has 0 bridgehead atoms. The molecule has 1 aromatic carbocycles. The van der Waals surface area contributed by atoms with Gasteiger partial charge in [-0.05, 0) is 50.9 Å². The first kappa shape index (κ1) is 14.3. The minimum Gasteiger partial charge on any atom is -0.316 e. The molecule has 0 radical (unpaired) electrons. The Kier molecular flexibility index (Phi) is 4.42. The summed E-state index contributed by atoms with van der Waals surface area (Å²) in [5, 5.41) is 3.19. The summed E-state index contributed by atoms with van der Waals surface area (Å²) in [6.45, 7) is 3.24. The molecule has 1 unspecified atom stereocenters. The van der Waals surface area contributed by atoms with Gasteiger partial charge in [-0.15, -0.1) is 0 Å². The van der Waals surface area contributed by atoms with Crippen molar-refractivity contribution in [2.45, 2.75) is 19.8 Å². The van der Waals surface area contributed by atoms with Gasteiger partial charge in [0.15, 0.2) is 0 Å². The van der Waals surface area contributed by atoms with Crippen molar-refractivity contribution < 1.29 is 12.8 Å². The fraction of sp³-hybridized carbons (Fsp3) is 0.538. The molecule has 1 aliphatic heterocycles. The van der Waals surface area contributed by atoms with Gasteiger partial charge in [-0.2, -0.15) is 0 Å². The standard InChI is InChI=1S/C13H19FN2O2S/c1-10-12(14)5-2-6-13(10)16-19(17,18)9-11-4-3-7-15-8-11/h2,5-6,11,15-16H,3-4,7-9H2,1H3. The maximum Gasteiger partial charge on any atom is 0.233 e. The molecule has 0 aromatic heterocycles. The lowest BCUT2D eigenvalue weighted by Crippen LogP contribution is -2.35. The lowest BCUT2D eigenvalue weighted by Gasteiger charge is -2.23. The molecule has 1 atom stereocenters. The Labute approximate surface area is 113 Å². The summed E-state index contributed by atoms with van der Waals surface area (Å²) in [7, 11) is -3.43. The summed E-state index contributed by atoms with van der Waals surface area (Å²) in [5.74, 6) is -0.199. The van der Waals surface area contributed by atoms with Gasteiger partial charge in [0.2, 0.25) is 10.0 Å². The molecule has 0 aliphatic carbocycles. The van der Waals surface area contributed by atoms with Crippen molar-refractivity contribution in [2.24, 2.45) is 5.92 Å². The van der Waals surface area contributed by atoms with Crippen LogP contribution >= 0.6 is 0 Å². The first-order valence-electron chi connectivity index (χ1n) is 6.44. The highest BCUT2D eigenvalue weighted by Gasteiger charge is 2.21. The van der Waals surface area contributed by atoms with Crippen LogP contribution in [0.2, 0.25) is 0 Å². The van der Waals surface area contributed by atoms with Gasteiger partial charge in [0.1, 0.15) is 5.82 Å². The fourth-order valence-corrected chi connectivity index (χ4v) is 3.85. The third-order valence-corrected chi connectivity index (χ3v) is 4.83. The number of hydrogen-bond acceptors (Lipinski definition) is 3. The highest BCUT2D eigenvalue weighted by Crippen LogP contribution is 2.20. The zero-order valence-corrected chi connectivity index (χ0v) is 11.8. The largest absolute Gasteiger partial charge is 0.316 e. The molecule has 1 aliphatic rings. The van der Waals surface area contributed by atoms with E-state index in [4.69, 9.17) is 0 Å². The van der Waals surface area contributed by atoms with E-state index in [1.807, 2.05) is 0 Å². The summed E-state index contributed by atoms with van der Waals surface area (Å²) < 4.78 is 40.0. The quantitative estimate of drug-likeness (QED) is 0.888. The molecule has 1 heterocycles. The maximum absolute atomic E-state index is 13.4. The third-order valence-electron chi connectivity index (χ3n) is 3.39. The van der Waals surface area contributed by atoms with Crippen LogP contribution in [0.25, 0.3) is 0 Å². The number of halogens is 1. The molecule has 6 heteroatoms. The number of benzene rings is 1. The first-order chi connectivity index (χ1) is 8.98. The number of hydrogen-bond donors (Lipinski definition) is 2. The predicted octanol–water partition coefficient (Wildman–Crippen LogP) is 1.88. The molecule has 1 fully saturated rings. The Morgan fingerprint density at radius 1 is 1.47 bits per heavy atom. The summed E-state index contributed by atoms with van der Waals surface area (Å²) >= 11 is 0. The van der Waals surface area contributed by atoms with Gasteiger partial charge in [-0.3, -0.25) is 4.72 Å². The number of anilines is 1. The van der Waals surface area contributed by atoms with E-state index in [2.05, 4.69) is 10.0 Å². The van der Waals surface area contributed by atoms with Crippen LogP contribution in [0.1, 0.15) is 18.4 Å². The summed E-state index contributed by atoms with van der Waals surface area (Å²) in [5.41, 5.74) is 0.650. The van der Waals surface area contributed by atoms with Crippen molar-refractivity contribution in [3.8, 4) is 0 Å². The van der Waals surface area contributed by atoms with E-state index in [1.54, 1.807) is 13.0 Å². The Bertz CT molecular complexity index is 540. The van der Waals surface area contributed by atoms with E-state index >= 15 is 0 Å². The van der Waals surface area contributed by atoms with Crippen LogP contribution in [0, 0.1) is 18.7 Å². The molecule has 19 heavy (non-hydrogen) atoms. The number of piperidine rings is 1. The Morgan fingerprint density at radius 3 is 2.95 bits per heavy atom. The lowest BCUT2D eigenvalue weighted by molar-refractivity contribution is 0.404. The molecule has 4 nitrogen and oxygen atoms in total. The number of rotatable bonds is 4. The van der Waals surface area contributed by atoms with Crippen LogP contribution in [0.3, 0.4) is 0 Å². The first-order valence-corrected chi connectivity index (χ1v) is 8.09. The SMILES string of the molecule is Cc1c(F)cccc1NS(=O)(=O)CC1CCCNC1. The molecule has 0 saturated carbocycles. The van der Waals surface area contributed by atoms with Gasteiger partial charge in [-0.25, -0.2) is 12.8 Å². The molecule has 106 valence electrons. The number of sulfonamides is 1. The van der Waals surface area contributed by atoms with Crippen LogP contribution in [0.15, 0.2) is 18.2 Å². The van der Waals surface area contributed by atoms with Crippen molar-refractivity contribution in [3.63, 3.8) is 0 Å². The molecular formula is C13H19FN2O2S. The fourth-order valence-electron chi connectivity index (χ4n) is 2.30. The van der Waals surface area contributed by atoms with Crippen molar-refractivity contribution >= 4 is 15.7 Å². The highest BCUT2D eigenvalue weighted by molar-refractivity contribution is 7.92. The molecule has 0 amide bonds. The van der Waals surface area contributed by atoms with Crippen molar-refractivity contribution in [2.75, 3.05) is 23.6 Å². The predicted molar refractivity (Wildman–Crippen MR) is 74.1 cm³/mol. The van der Waals surface area contributed by atoms with Gasteiger partial charge >= 0.3 is 0 Å². The third kappa shape index (κ3) is 3.91. The van der Waals surface area contributed by atoms with Gasteiger partial charge in [0, 0.05) is 5.56 Å². The summed E-state index contributed by atoms with van der Waals surface area (Å²) in [4.78, 5) is 0. The zero-order chi connectivity index (χ0) is 13.9. The van der Waals surface area contributed by atoms with Crippen LogP contribution in [-0.4, -0.2) is 27.3 Å². The van der Waals surface area contributed by atoms with Crippen LogP contribution in [0.4, 0.5) is 10.1 Å². The average molecular weight is 286 g/mol. The minimum atomic E-state index is -3.43. The molecule has 2 rings (SSSR count). The number of nitrogens with one attached hydrogen (secondary N) is 2. The monoisotopic (exact) mass is 286 g/mol. The minimum absolute atomic E-state index is 0.0793. The molecular weight excluding hydrogens is 267 g/mol. The molecule has 1 saturated heterocycles. The molecule has 1 aromatic rings. The van der Waals surface area contributed by atoms with Crippen LogP contribution in [-0.2, 0) is 10.0 Å². The Morgan fingerprint density at radius 2 is 2.26 bits per heavy atom. The zero-order valence-electron chi connectivity index (χ0n) is 10.9. The van der Waals surface area contributed by atoms with E-state index < -0.39 is 15.8 Å². The second-order valence-electron chi connectivity index (χ2n) is 5.01. The van der Waals surface area contributed by atoms with Gasteiger partial charge in [0.25, 0.3) is 0 Å². The van der Waals surface area contributed by atoms with E-state index in [9.17, 15) is 12.8 Å². The second-order valence-corrected chi connectivity index (χ2v) is 6.78. The van der Waals surface area contributed by atoms with Crippen molar-refractivity contribution in [1.29, 1.82) is 0 Å². The van der Waals surface area contributed by atoms with E-state index in [-0.39, 0.29) is 11.7 Å². The average Bonchev–Trinajstić information content (AvgIpc) is 2.35. The molecule has 2 N–H and O–H groups in total. The van der Waals surface area contributed by atoms with E-state index in [0.29, 0.717) is 11.3 Å². The summed E-state index contributed by atoms with van der Waals surface area (Å²) in [6, 6.07) is 4.40. The maximum atomic E-state index is 13.4. The van der Waals surface area contributed by atoms with Gasteiger partial charge in [-0.1, -0.05) is 6.07 Å². The van der Waals surface area contributed by atoms with E-state index in [1.165, 1.54) is 12.1 Å². The Balaban J connectivity index is 2.06. The van der Waals surface area contributed by atoms with Crippen LogP contribution < -0.4 is 10.0 Å². The van der Waals surface area contributed by atoms with Crippen LogP contribution in [0.5, 0.6) is 0 Å². The van der Waals surface area contributed by atoms with Crippen molar-refractivity contribution in [1.82, 2.24) is 5.32 Å². The lowest BCUT2D eigenvalue weighted by atomic mass is 10.0. The summed E-state index contributed by atoms with van der Waals surface area (Å²) in [6.07, 6.45) is 1.91. The van der Waals surface area contributed by atoms with Gasteiger partial charge < -0.3 is 5.32 Å². The Hall–Kier alpha value is -1.14. The van der Waals surface area contributed by atoms with Gasteiger partial charge in [0.05, 0.1) is 11.4 Å². The second kappa shape index (κ2) is 5.88. The topological polar surface area (TPSA) is 58.2 Å². The van der Waals surface area contributed by atoms with Crippen molar-refractivity contribution in [3.05, 3.63) is 29.6 Å². The smallest absolute Gasteiger partial charge is 0.233 e.